The largest absolute Gasteiger partial charge is 0.479 e. The van der Waals surface area contributed by atoms with Crippen LogP contribution in [0.25, 0.3) is 0 Å². The number of esters is 1. The van der Waals surface area contributed by atoms with Gasteiger partial charge in [-0.25, -0.2) is 4.79 Å². The highest BCUT2D eigenvalue weighted by atomic mass is 35.5. The number of amides is 1. The van der Waals surface area contributed by atoms with Gasteiger partial charge in [0, 0.05) is 12.1 Å². The van der Waals surface area contributed by atoms with Crippen LogP contribution in [-0.4, -0.2) is 48.1 Å². The van der Waals surface area contributed by atoms with Gasteiger partial charge in [0.25, 0.3) is 5.91 Å². The van der Waals surface area contributed by atoms with E-state index < -0.39 is 30.5 Å². The van der Waals surface area contributed by atoms with E-state index in [2.05, 4.69) is 10.3 Å². The third kappa shape index (κ3) is 9.16. The minimum Gasteiger partial charge on any atom is -0.479 e. The molecule has 9 nitrogen and oxygen atoms in total. The van der Waals surface area contributed by atoms with Gasteiger partial charge in [-0.05, 0) is 25.0 Å². The highest BCUT2D eigenvalue weighted by Crippen LogP contribution is 2.04. The van der Waals surface area contributed by atoms with Gasteiger partial charge in [0.2, 0.25) is 0 Å². The summed E-state index contributed by atoms with van der Waals surface area (Å²) in [5.74, 6) is -2.66. The summed E-state index contributed by atoms with van der Waals surface area (Å²) in [5, 5.41) is 11.4. The molecule has 0 fully saturated rings. The molecule has 138 valence electrons. The van der Waals surface area contributed by atoms with Crippen LogP contribution in [0.15, 0.2) is 35.3 Å². The molecule has 0 saturated heterocycles. The lowest BCUT2D eigenvalue weighted by Crippen LogP contribution is -2.35. The van der Waals surface area contributed by atoms with Crippen LogP contribution in [0.1, 0.15) is 23.2 Å². The molecule has 1 unspecified atom stereocenters. The highest BCUT2D eigenvalue weighted by Gasteiger charge is 2.22. The van der Waals surface area contributed by atoms with E-state index >= 15 is 0 Å². The Bertz CT molecular complexity index is 605. The predicted octanol–water partition coefficient (Wildman–Crippen LogP) is -0.112. The monoisotopic (exact) mass is 372 g/mol. The van der Waals surface area contributed by atoms with Crippen LogP contribution in [0, 0.1) is 0 Å². The summed E-state index contributed by atoms with van der Waals surface area (Å²) in [6.07, 6.45) is -0.927. The van der Waals surface area contributed by atoms with Crippen LogP contribution in [0.3, 0.4) is 0 Å². The van der Waals surface area contributed by atoms with Crippen molar-refractivity contribution in [3.63, 3.8) is 0 Å². The van der Waals surface area contributed by atoms with E-state index in [9.17, 15) is 14.4 Å². The van der Waals surface area contributed by atoms with Gasteiger partial charge in [-0.2, -0.15) is 0 Å². The molecule has 0 aromatic heterocycles. The average molecular weight is 373 g/mol. The van der Waals surface area contributed by atoms with Crippen molar-refractivity contribution in [1.29, 1.82) is 0 Å². The van der Waals surface area contributed by atoms with Crippen LogP contribution in [0.5, 0.6) is 0 Å². The Labute approximate surface area is 150 Å². The smallest absolute Gasteiger partial charge is 0.345 e. The zero-order valence-electron chi connectivity index (χ0n) is 13.4. The van der Waals surface area contributed by atoms with E-state index in [-0.39, 0.29) is 31.3 Å². The summed E-state index contributed by atoms with van der Waals surface area (Å²) in [5.41, 5.74) is 10.7. The third-order valence-electron chi connectivity index (χ3n) is 2.90. The molecule has 1 aromatic carbocycles. The first-order chi connectivity index (χ1) is 11.4. The van der Waals surface area contributed by atoms with Crippen molar-refractivity contribution in [1.82, 2.24) is 5.32 Å². The molecule has 0 aliphatic carbocycles. The van der Waals surface area contributed by atoms with Crippen molar-refractivity contribution in [3.05, 3.63) is 35.9 Å². The first kappa shape index (κ1) is 22.2. The van der Waals surface area contributed by atoms with Gasteiger partial charge < -0.3 is 26.6 Å². The van der Waals surface area contributed by atoms with Gasteiger partial charge in [0.05, 0.1) is 0 Å². The number of benzene rings is 1. The van der Waals surface area contributed by atoms with E-state index in [1.54, 1.807) is 30.3 Å². The summed E-state index contributed by atoms with van der Waals surface area (Å²) in [6, 6.07) is 8.30. The number of ether oxygens (including phenoxy) is 1. The van der Waals surface area contributed by atoms with Gasteiger partial charge in [-0.15, -0.1) is 12.4 Å². The van der Waals surface area contributed by atoms with Crippen molar-refractivity contribution in [2.24, 2.45) is 16.5 Å². The van der Waals surface area contributed by atoms with E-state index in [0.29, 0.717) is 12.0 Å². The fourth-order valence-electron chi connectivity index (χ4n) is 1.76. The number of carbonyl (C=O) groups is 3. The molecule has 1 amide bonds. The quantitative estimate of drug-likeness (QED) is 0.204. The number of halogens is 1. The maximum atomic E-state index is 11.8. The second kappa shape index (κ2) is 11.7. The van der Waals surface area contributed by atoms with E-state index in [0.717, 1.165) is 0 Å². The average Bonchev–Trinajstić information content (AvgIpc) is 2.55. The fraction of sp³-hybridized carbons (Fsp3) is 0.333. The molecule has 1 rings (SSSR count). The Balaban J connectivity index is 0.00000576. The summed E-state index contributed by atoms with van der Waals surface area (Å²) in [7, 11) is 0. The van der Waals surface area contributed by atoms with E-state index in [4.69, 9.17) is 21.3 Å². The standard InChI is InChI=1S/C15H20N4O5.ClH/c16-15(17)18-8-4-7-11(14(22)23)24-12(20)9-19-13(21)10-5-2-1-3-6-10;/h1-3,5-6,11H,4,7-9H2,(H,19,21)(H,22,23)(H4,16,17,18);1H. The van der Waals surface area contributed by atoms with Crippen molar-refractivity contribution in [3.8, 4) is 0 Å². The molecule has 25 heavy (non-hydrogen) atoms. The number of carboxylic acids is 1. The number of hydrogen-bond donors (Lipinski definition) is 4. The van der Waals surface area contributed by atoms with Crippen LogP contribution < -0.4 is 16.8 Å². The molecular weight excluding hydrogens is 352 g/mol. The number of rotatable bonds is 9. The van der Waals surface area contributed by atoms with Crippen LogP contribution in [-0.2, 0) is 14.3 Å². The van der Waals surface area contributed by atoms with E-state index in [1.807, 2.05) is 0 Å². The van der Waals surface area contributed by atoms with Gasteiger partial charge >= 0.3 is 11.9 Å². The molecule has 0 aliphatic rings. The molecule has 0 radical (unpaired) electrons. The van der Waals surface area contributed by atoms with Crippen molar-refractivity contribution >= 4 is 36.2 Å². The molecule has 1 atom stereocenters. The predicted molar refractivity (Wildman–Crippen MR) is 93.4 cm³/mol. The molecule has 1 aromatic rings. The van der Waals surface area contributed by atoms with Crippen LogP contribution in [0.2, 0.25) is 0 Å². The van der Waals surface area contributed by atoms with Gasteiger partial charge in [-0.3, -0.25) is 14.6 Å². The molecule has 0 bridgehead atoms. The van der Waals surface area contributed by atoms with E-state index in [1.165, 1.54) is 0 Å². The molecule has 6 N–H and O–H groups in total. The summed E-state index contributed by atoms with van der Waals surface area (Å²) in [4.78, 5) is 38.2. The number of aliphatic imine (C=N–C) groups is 1. The second-order valence-corrected chi connectivity index (χ2v) is 4.81. The number of aliphatic carboxylic acids is 1. The number of nitrogens with two attached hydrogens (primary N) is 2. The van der Waals surface area contributed by atoms with Crippen LogP contribution >= 0.6 is 12.4 Å². The zero-order chi connectivity index (χ0) is 17.9. The fourth-order valence-corrected chi connectivity index (χ4v) is 1.76. The Morgan fingerprint density at radius 2 is 1.84 bits per heavy atom. The summed E-state index contributed by atoms with van der Waals surface area (Å²) < 4.78 is 4.84. The SMILES string of the molecule is Cl.NC(N)=NCCCC(OC(=O)CNC(=O)c1ccccc1)C(=O)O. The third-order valence-corrected chi connectivity index (χ3v) is 2.90. The number of guanidine groups is 1. The number of hydrogen-bond acceptors (Lipinski definition) is 5. The normalized spacial score (nSPS) is 10.7. The minimum atomic E-state index is -1.32. The summed E-state index contributed by atoms with van der Waals surface area (Å²) >= 11 is 0. The zero-order valence-corrected chi connectivity index (χ0v) is 14.2. The van der Waals surface area contributed by atoms with Gasteiger partial charge in [-0.1, -0.05) is 18.2 Å². The summed E-state index contributed by atoms with van der Waals surface area (Å²) in [6.45, 7) is -0.195. The first-order valence-corrected chi connectivity index (χ1v) is 7.21. The van der Waals surface area contributed by atoms with Gasteiger partial charge in [0.1, 0.15) is 6.54 Å². The molecular formula is C15H21ClN4O5. The van der Waals surface area contributed by atoms with Crippen molar-refractivity contribution < 1.29 is 24.2 Å². The van der Waals surface area contributed by atoms with Crippen LogP contribution in [0.4, 0.5) is 0 Å². The maximum Gasteiger partial charge on any atom is 0.345 e. The molecule has 0 spiro atoms. The Morgan fingerprint density at radius 1 is 1.20 bits per heavy atom. The Morgan fingerprint density at radius 3 is 2.40 bits per heavy atom. The lowest BCUT2D eigenvalue weighted by atomic mass is 10.2. The number of carbonyl (C=O) groups excluding carboxylic acids is 2. The van der Waals surface area contributed by atoms with Crippen molar-refractivity contribution in [2.45, 2.75) is 18.9 Å². The lowest BCUT2D eigenvalue weighted by Gasteiger charge is -2.13. The minimum absolute atomic E-state index is 0. The van der Waals surface area contributed by atoms with Gasteiger partial charge in [0.15, 0.2) is 12.1 Å². The number of nitrogens with zero attached hydrogens (tertiary/aromatic N) is 1. The molecule has 10 heteroatoms. The molecule has 0 aliphatic heterocycles. The maximum absolute atomic E-state index is 11.8. The Kier molecular flexibility index (Phi) is 10.4. The Hall–Kier alpha value is -2.81. The second-order valence-electron chi connectivity index (χ2n) is 4.81. The number of nitrogens with one attached hydrogen (secondary N) is 1. The molecule has 0 saturated carbocycles. The highest BCUT2D eigenvalue weighted by molar-refractivity contribution is 5.96. The number of carboxylic acid groups (broad SMARTS) is 1. The molecule has 0 heterocycles. The topological polar surface area (TPSA) is 157 Å². The van der Waals surface area contributed by atoms with Crippen molar-refractivity contribution in [2.75, 3.05) is 13.1 Å². The first-order valence-electron chi connectivity index (χ1n) is 7.21. The lowest BCUT2D eigenvalue weighted by molar-refractivity contribution is -0.163.